The van der Waals surface area contributed by atoms with Gasteiger partial charge in [0.05, 0.1) is 18.4 Å². The van der Waals surface area contributed by atoms with Crippen molar-refractivity contribution in [3.63, 3.8) is 0 Å². The van der Waals surface area contributed by atoms with Gasteiger partial charge in [-0.3, -0.25) is 4.79 Å². The summed E-state index contributed by atoms with van der Waals surface area (Å²) < 4.78 is 7.49. The highest BCUT2D eigenvalue weighted by molar-refractivity contribution is 7.99. The Kier molecular flexibility index (Phi) is 6.19. The molecule has 140 valence electrons. The Hall–Kier alpha value is -2.02. The number of carbonyl (C=O) groups is 1. The monoisotopic (exact) mass is 374 g/mol. The number of amides is 1. The van der Waals surface area contributed by atoms with Crippen molar-refractivity contribution in [3.8, 4) is 17.1 Å². The van der Waals surface area contributed by atoms with Gasteiger partial charge in [0.2, 0.25) is 5.91 Å². The number of nitrogens with zero attached hydrogens (tertiary/aromatic N) is 4. The molecule has 0 N–H and O–H groups in total. The summed E-state index contributed by atoms with van der Waals surface area (Å²) in [5.41, 5.74) is 0.909. The normalized spacial score (nSPS) is 17.3. The smallest absolute Gasteiger partial charge is 0.233 e. The maximum Gasteiger partial charge on any atom is 0.233 e. The van der Waals surface area contributed by atoms with Gasteiger partial charge in [-0.1, -0.05) is 23.9 Å². The zero-order chi connectivity index (χ0) is 18.5. The van der Waals surface area contributed by atoms with Gasteiger partial charge in [-0.25, -0.2) is 0 Å². The second-order valence-electron chi connectivity index (χ2n) is 6.47. The number of piperidine rings is 1. The third-order valence-corrected chi connectivity index (χ3v) is 5.78. The Morgan fingerprint density at radius 2 is 2.12 bits per heavy atom. The van der Waals surface area contributed by atoms with E-state index in [4.69, 9.17) is 4.74 Å². The van der Waals surface area contributed by atoms with Gasteiger partial charge < -0.3 is 14.2 Å². The van der Waals surface area contributed by atoms with Crippen LogP contribution in [0.5, 0.6) is 5.75 Å². The average molecular weight is 375 g/mol. The highest BCUT2D eigenvalue weighted by Crippen LogP contribution is 2.31. The number of aromatic nitrogens is 3. The first-order valence-electron chi connectivity index (χ1n) is 9.14. The van der Waals surface area contributed by atoms with Gasteiger partial charge in [0.25, 0.3) is 0 Å². The van der Waals surface area contributed by atoms with E-state index in [0.29, 0.717) is 11.8 Å². The molecule has 1 atom stereocenters. The fourth-order valence-electron chi connectivity index (χ4n) is 3.39. The van der Waals surface area contributed by atoms with Gasteiger partial charge in [0.1, 0.15) is 5.75 Å². The Bertz CT molecular complexity index is 762. The number of hydrogen-bond donors (Lipinski definition) is 0. The van der Waals surface area contributed by atoms with Crippen LogP contribution in [0, 0.1) is 0 Å². The van der Waals surface area contributed by atoms with Crippen molar-refractivity contribution in [3.05, 3.63) is 24.3 Å². The average Bonchev–Trinajstić information content (AvgIpc) is 3.09. The van der Waals surface area contributed by atoms with E-state index in [1.807, 2.05) is 33.7 Å². The van der Waals surface area contributed by atoms with Crippen LogP contribution >= 0.6 is 11.8 Å². The number of hydrogen-bond acceptors (Lipinski definition) is 5. The second-order valence-corrected chi connectivity index (χ2v) is 7.41. The molecule has 0 radical (unpaired) electrons. The lowest BCUT2D eigenvalue weighted by molar-refractivity contribution is -0.131. The molecule has 2 aromatic rings. The van der Waals surface area contributed by atoms with Crippen molar-refractivity contribution < 1.29 is 9.53 Å². The fraction of sp³-hybridized carbons (Fsp3) is 0.526. The first-order valence-corrected chi connectivity index (χ1v) is 10.1. The van der Waals surface area contributed by atoms with Crippen LogP contribution in [0.2, 0.25) is 0 Å². The van der Waals surface area contributed by atoms with Gasteiger partial charge in [-0.05, 0) is 45.2 Å². The number of carbonyl (C=O) groups excluding carboxylic acids is 1. The summed E-state index contributed by atoms with van der Waals surface area (Å²) in [6.45, 7) is 5.79. The molecule has 1 aliphatic heterocycles. The lowest BCUT2D eigenvalue weighted by atomic mass is 10.0. The maximum atomic E-state index is 12.6. The van der Waals surface area contributed by atoms with Crippen LogP contribution in [0.3, 0.4) is 0 Å². The highest BCUT2D eigenvalue weighted by Gasteiger charge is 2.24. The van der Waals surface area contributed by atoms with Crippen LogP contribution in [-0.2, 0) is 11.3 Å². The van der Waals surface area contributed by atoms with Crippen LogP contribution in [0.25, 0.3) is 11.4 Å². The van der Waals surface area contributed by atoms with Gasteiger partial charge in [0, 0.05) is 19.1 Å². The molecule has 7 heteroatoms. The highest BCUT2D eigenvalue weighted by atomic mass is 32.2. The Morgan fingerprint density at radius 1 is 1.31 bits per heavy atom. The lowest BCUT2D eigenvalue weighted by Crippen LogP contribution is -2.43. The molecule has 1 aromatic carbocycles. The van der Waals surface area contributed by atoms with E-state index in [9.17, 15) is 4.79 Å². The summed E-state index contributed by atoms with van der Waals surface area (Å²) in [5.74, 6) is 2.12. The van der Waals surface area contributed by atoms with E-state index in [1.54, 1.807) is 7.11 Å². The molecule has 0 aliphatic carbocycles. The molecule has 1 saturated heterocycles. The minimum absolute atomic E-state index is 0.187. The predicted molar refractivity (Wildman–Crippen MR) is 103 cm³/mol. The summed E-state index contributed by atoms with van der Waals surface area (Å²) in [7, 11) is 1.65. The zero-order valence-electron chi connectivity index (χ0n) is 15.6. The minimum atomic E-state index is 0.187. The van der Waals surface area contributed by atoms with E-state index in [-0.39, 0.29) is 5.91 Å². The van der Waals surface area contributed by atoms with Crippen molar-refractivity contribution in [2.75, 3.05) is 19.4 Å². The van der Waals surface area contributed by atoms with E-state index >= 15 is 0 Å². The molecule has 1 aliphatic rings. The summed E-state index contributed by atoms with van der Waals surface area (Å²) in [6.07, 6.45) is 3.41. The fourth-order valence-corrected chi connectivity index (χ4v) is 4.28. The van der Waals surface area contributed by atoms with E-state index in [0.717, 1.165) is 48.2 Å². The molecule has 0 spiro atoms. The molecule has 26 heavy (non-hydrogen) atoms. The molecule has 6 nitrogen and oxygen atoms in total. The lowest BCUT2D eigenvalue weighted by Gasteiger charge is -2.33. The van der Waals surface area contributed by atoms with Crippen LogP contribution in [0.4, 0.5) is 0 Å². The maximum absolute atomic E-state index is 12.6. The molecule has 2 heterocycles. The molecule has 1 amide bonds. The summed E-state index contributed by atoms with van der Waals surface area (Å²) in [6, 6.07) is 8.12. The molecular weight excluding hydrogens is 348 g/mol. The largest absolute Gasteiger partial charge is 0.496 e. The van der Waals surface area contributed by atoms with E-state index in [1.165, 1.54) is 18.2 Å². The number of likely N-dealkylation sites (tertiary alicyclic amines) is 1. The third kappa shape index (κ3) is 3.87. The van der Waals surface area contributed by atoms with Crippen LogP contribution < -0.4 is 4.74 Å². The van der Waals surface area contributed by atoms with Gasteiger partial charge in [0.15, 0.2) is 11.0 Å². The number of ether oxygens (including phenoxy) is 1. The summed E-state index contributed by atoms with van der Waals surface area (Å²) in [4.78, 5) is 14.6. The van der Waals surface area contributed by atoms with Gasteiger partial charge >= 0.3 is 0 Å². The second kappa shape index (κ2) is 8.58. The molecule has 0 bridgehead atoms. The quantitative estimate of drug-likeness (QED) is 0.725. The summed E-state index contributed by atoms with van der Waals surface area (Å²) >= 11 is 1.46. The van der Waals surface area contributed by atoms with Crippen molar-refractivity contribution in [2.45, 2.75) is 50.9 Å². The number of thioether (sulfide) groups is 1. The first kappa shape index (κ1) is 18.8. The topological polar surface area (TPSA) is 60.2 Å². The molecule has 3 rings (SSSR count). The third-order valence-electron chi connectivity index (χ3n) is 4.83. The number of rotatable bonds is 6. The van der Waals surface area contributed by atoms with Gasteiger partial charge in [-0.2, -0.15) is 0 Å². The minimum Gasteiger partial charge on any atom is -0.496 e. The van der Waals surface area contributed by atoms with Crippen molar-refractivity contribution >= 4 is 17.7 Å². The first-order chi connectivity index (χ1) is 12.7. The Morgan fingerprint density at radius 3 is 2.85 bits per heavy atom. The van der Waals surface area contributed by atoms with Crippen molar-refractivity contribution in [2.24, 2.45) is 0 Å². The molecule has 0 unspecified atom stereocenters. The Labute approximate surface area is 158 Å². The van der Waals surface area contributed by atoms with Crippen LogP contribution in [0.1, 0.15) is 33.1 Å². The molecule has 1 aromatic heterocycles. The van der Waals surface area contributed by atoms with E-state index < -0.39 is 0 Å². The Balaban J connectivity index is 1.75. The van der Waals surface area contributed by atoms with Crippen LogP contribution in [0.15, 0.2) is 29.4 Å². The zero-order valence-corrected chi connectivity index (χ0v) is 16.5. The molecular formula is C19H26N4O2S. The van der Waals surface area contributed by atoms with Crippen molar-refractivity contribution in [1.82, 2.24) is 19.7 Å². The SMILES string of the molecule is CCn1c(SCC(=O)N2CCCC[C@H]2C)nnc1-c1ccccc1OC. The predicted octanol–water partition coefficient (Wildman–Crippen LogP) is 3.47. The number of para-hydroxylation sites is 1. The molecule has 1 fully saturated rings. The van der Waals surface area contributed by atoms with Crippen molar-refractivity contribution in [1.29, 1.82) is 0 Å². The van der Waals surface area contributed by atoms with Gasteiger partial charge in [-0.15, -0.1) is 10.2 Å². The standard InChI is InChI=1S/C19H26N4O2S/c1-4-22-18(15-10-5-6-11-16(15)25-3)20-21-19(22)26-13-17(24)23-12-8-7-9-14(23)2/h5-6,10-11,14H,4,7-9,12-13H2,1-3H3/t14-/m1/s1. The van der Waals surface area contributed by atoms with Crippen LogP contribution in [-0.4, -0.2) is 51.0 Å². The van der Waals surface area contributed by atoms with E-state index in [2.05, 4.69) is 24.0 Å². The number of methoxy groups -OCH3 is 1. The number of benzene rings is 1. The molecule has 0 saturated carbocycles. The summed E-state index contributed by atoms with van der Waals surface area (Å²) in [5, 5.41) is 9.45.